The molecule has 0 saturated carbocycles. The van der Waals surface area contributed by atoms with E-state index in [4.69, 9.17) is 9.97 Å². The second-order valence-corrected chi connectivity index (χ2v) is 9.65. The van der Waals surface area contributed by atoms with E-state index in [1.807, 2.05) is 18.2 Å². The minimum absolute atomic E-state index is 0.270. The summed E-state index contributed by atoms with van der Waals surface area (Å²) in [6.07, 6.45) is 1.77. The Kier molecular flexibility index (Phi) is 4.67. The zero-order valence-electron chi connectivity index (χ0n) is 20.8. The van der Waals surface area contributed by atoms with Gasteiger partial charge in [-0.15, -0.1) is 0 Å². The van der Waals surface area contributed by atoms with Crippen molar-refractivity contribution in [3.8, 4) is 22.9 Å². The number of halogens is 1. The summed E-state index contributed by atoms with van der Waals surface area (Å²) in [5.74, 6) is 0.304. The van der Waals surface area contributed by atoms with Gasteiger partial charge in [-0.25, -0.2) is 14.4 Å². The molecule has 4 nitrogen and oxygen atoms in total. The molecule has 39 heavy (non-hydrogen) atoms. The lowest BCUT2D eigenvalue weighted by Crippen LogP contribution is -2.01. The predicted molar refractivity (Wildman–Crippen MR) is 156 cm³/mol. The van der Waals surface area contributed by atoms with Crippen molar-refractivity contribution < 1.29 is 4.39 Å². The minimum atomic E-state index is -0.270. The quantitative estimate of drug-likeness (QED) is 0.242. The first-order valence-electron chi connectivity index (χ1n) is 12.9. The normalized spacial score (nSPS) is 11.7. The molecule has 8 aromatic rings. The zero-order chi connectivity index (χ0) is 25.9. The maximum absolute atomic E-state index is 13.6. The van der Waals surface area contributed by atoms with Gasteiger partial charge in [0.2, 0.25) is 5.95 Å². The highest BCUT2D eigenvalue weighted by atomic mass is 19.1. The smallest absolute Gasteiger partial charge is 0.235 e. The van der Waals surface area contributed by atoms with Crippen molar-refractivity contribution in [3.63, 3.8) is 0 Å². The molecule has 3 aromatic heterocycles. The Morgan fingerprint density at radius 2 is 1.23 bits per heavy atom. The fourth-order valence-corrected chi connectivity index (χ4v) is 5.81. The Morgan fingerprint density at radius 1 is 0.538 bits per heavy atom. The highest BCUT2D eigenvalue weighted by Gasteiger charge is 2.21. The Morgan fingerprint density at radius 3 is 2.03 bits per heavy atom. The summed E-state index contributed by atoms with van der Waals surface area (Å²) in [6, 6.07) is 40.1. The molecule has 0 spiro atoms. The average Bonchev–Trinajstić information content (AvgIpc) is 3.51. The van der Waals surface area contributed by atoms with Crippen LogP contribution in [0.2, 0.25) is 0 Å². The van der Waals surface area contributed by atoms with Gasteiger partial charge in [0.1, 0.15) is 5.82 Å². The third-order valence-electron chi connectivity index (χ3n) is 7.47. The van der Waals surface area contributed by atoms with E-state index in [9.17, 15) is 4.39 Å². The maximum Gasteiger partial charge on any atom is 0.235 e. The molecule has 5 aromatic carbocycles. The number of nitrogens with zero attached hydrogens (tertiary/aromatic N) is 4. The molecule has 0 bridgehead atoms. The van der Waals surface area contributed by atoms with Crippen molar-refractivity contribution in [2.75, 3.05) is 0 Å². The summed E-state index contributed by atoms with van der Waals surface area (Å²) in [5, 5.41) is 4.70. The van der Waals surface area contributed by atoms with Crippen molar-refractivity contribution >= 4 is 43.6 Å². The van der Waals surface area contributed by atoms with E-state index < -0.39 is 0 Å². The van der Waals surface area contributed by atoms with Crippen molar-refractivity contribution in [2.45, 2.75) is 0 Å². The minimum Gasteiger partial charge on any atom is -0.309 e. The molecule has 184 valence electrons. The van der Waals surface area contributed by atoms with E-state index in [2.05, 4.69) is 88.0 Å². The standard InChI is InChI=1S/C34H21FN4/c35-23-16-14-22(15-17-23)28-20-21-36-34(37-28)39-30-13-7-5-11-27(30)32-31(39)19-18-26-25-10-4-6-12-29(25)38(33(26)32)24-8-2-1-3-9-24/h1-21H. The molecular formula is C34H21FN4. The first-order chi connectivity index (χ1) is 19.3. The van der Waals surface area contributed by atoms with Crippen LogP contribution in [-0.4, -0.2) is 19.1 Å². The monoisotopic (exact) mass is 504 g/mol. The Labute approximate surface area is 223 Å². The molecular weight excluding hydrogens is 483 g/mol. The molecule has 0 N–H and O–H groups in total. The van der Waals surface area contributed by atoms with Crippen LogP contribution in [0.4, 0.5) is 4.39 Å². The van der Waals surface area contributed by atoms with Crippen LogP contribution in [0.25, 0.3) is 66.5 Å². The molecule has 0 amide bonds. The molecule has 0 radical (unpaired) electrons. The summed E-state index contributed by atoms with van der Waals surface area (Å²) >= 11 is 0. The van der Waals surface area contributed by atoms with E-state index in [1.165, 1.54) is 22.9 Å². The van der Waals surface area contributed by atoms with Gasteiger partial charge in [0.15, 0.2) is 0 Å². The molecule has 0 saturated heterocycles. The second-order valence-electron chi connectivity index (χ2n) is 9.65. The van der Waals surface area contributed by atoms with Gasteiger partial charge in [-0.3, -0.25) is 4.57 Å². The van der Waals surface area contributed by atoms with E-state index in [0.717, 1.165) is 49.8 Å². The van der Waals surface area contributed by atoms with Gasteiger partial charge >= 0.3 is 0 Å². The number of rotatable bonds is 3. The molecule has 8 rings (SSSR count). The van der Waals surface area contributed by atoms with Gasteiger partial charge in [0.25, 0.3) is 0 Å². The van der Waals surface area contributed by atoms with Crippen LogP contribution in [0.5, 0.6) is 0 Å². The summed E-state index contributed by atoms with van der Waals surface area (Å²) in [4.78, 5) is 9.64. The van der Waals surface area contributed by atoms with Gasteiger partial charge in [0, 0.05) is 39.0 Å². The molecule has 0 aliphatic heterocycles. The summed E-state index contributed by atoms with van der Waals surface area (Å²) < 4.78 is 18.1. The van der Waals surface area contributed by atoms with Gasteiger partial charge in [0.05, 0.1) is 27.8 Å². The lowest BCUT2D eigenvalue weighted by atomic mass is 10.1. The fraction of sp³-hybridized carbons (Fsp3) is 0. The largest absolute Gasteiger partial charge is 0.309 e. The number of para-hydroxylation sites is 3. The first kappa shape index (κ1) is 21.8. The van der Waals surface area contributed by atoms with Crippen LogP contribution in [0.1, 0.15) is 0 Å². The Balaban J connectivity index is 1.50. The second kappa shape index (κ2) is 8.36. The number of aromatic nitrogens is 4. The molecule has 0 atom stereocenters. The van der Waals surface area contributed by atoms with Crippen LogP contribution >= 0.6 is 0 Å². The van der Waals surface area contributed by atoms with E-state index >= 15 is 0 Å². The molecule has 5 heteroatoms. The van der Waals surface area contributed by atoms with Crippen molar-refractivity contribution in [1.29, 1.82) is 0 Å². The summed E-state index contributed by atoms with van der Waals surface area (Å²) in [6.45, 7) is 0. The third kappa shape index (κ3) is 3.23. The summed E-state index contributed by atoms with van der Waals surface area (Å²) in [7, 11) is 0. The topological polar surface area (TPSA) is 35.6 Å². The molecule has 0 aliphatic rings. The van der Waals surface area contributed by atoms with Crippen molar-refractivity contribution in [3.05, 3.63) is 133 Å². The molecule has 0 aliphatic carbocycles. The van der Waals surface area contributed by atoms with E-state index in [-0.39, 0.29) is 5.82 Å². The van der Waals surface area contributed by atoms with Gasteiger partial charge in [-0.05, 0) is 60.7 Å². The number of hydrogen-bond acceptors (Lipinski definition) is 2. The lowest BCUT2D eigenvalue weighted by Gasteiger charge is -2.10. The number of fused-ring (bicyclic) bond motifs is 7. The highest BCUT2D eigenvalue weighted by Crippen LogP contribution is 2.41. The van der Waals surface area contributed by atoms with Crippen molar-refractivity contribution in [2.24, 2.45) is 0 Å². The Hall–Kier alpha value is -5.29. The van der Waals surface area contributed by atoms with Crippen molar-refractivity contribution in [1.82, 2.24) is 19.1 Å². The maximum atomic E-state index is 13.6. The van der Waals surface area contributed by atoms with Gasteiger partial charge in [-0.2, -0.15) is 0 Å². The number of benzene rings is 5. The fourth-order valence-electron chi connectivity index (χ4n) is 5.81. The molecule has 0 unspecified atom stereocenters. The molecule has 3 heterocycles. The predicted octanol–water partition coefficient (Wildman–Crippen LogP) is 8.48. The van der Waals surface area contributed by atoms with Crippen LogP contribution < -0.4 is 0 Å². The van der Waals surface area contributed by atoms with E-state index in [1.54, 1.807) is 18.3 Å². The van der Waals surface area contributed by atoms with Crippen LogP contribution in [-0.2, 0) is 0 Å². The zero-order valence-corrected chi connectivity index (χ0v) is 20.8. The van der Waals surface area contributed by atoms with E-state index in [0.29, 0.717) is 5.95 Å². The van der Waals surface area contributed by atoms with Gasteiger partial charge < -0.3 is 4.57 Å². The lowest BCUT2D eigenvalue weighted by molar-refractivity contribution is 0.628. The van der Waals surface area contributed by atoms with Gasteiger partial charge in [-0.1, -0.05) is 60.7 Å². The molecule has 0 fully saturated rings. The van der Waals surface area contributed by atoms with Crippen LogP contribution in [0, 0.1) is 5.82 Å². The highest BCUT2D eigenvalue weighted by molar-refractivity contribution is 6.26. The number of hydrogen-bond donors (Lipinski definition) is 0. The average molecular weight is 505 g/mol. The summed E-state index contributed by atoms with van der Waals surface area (Å²) in [5.41, 5.74) is 7.07. The first-order valence-corrected chi connectivity index (χ1v) is 12.9. The third-order valence-corrected chi connectivity index (χ3v) is 7.47. The Bertz CT molecular complexity index is 2170. The SMILES string of the molecule is Fc1ccc(-c2ccnc(-n3c4ccccc4c4c3ccc3c5ccccc5n(-c5ccccc5)c34)n2)cc1. The van der Waals surface area contributed by atoms with Crippen LogP contribution in [0.3, 0.4) is 0 Å². The van der Waals surface area contributed by atoms with Crippen LogP contribution in [0.15, 0.2) is 128 Å².